The van der Waals surface area contributed by atoms with Gasteiger partial charge in [0.15, 0.2) is 0 Å². The normalized spacial score (nSPS) is 13.7. The number of methoxy groups -OCH3 is 1. The van der Waals surface area contributed by atoms with E-state index in [0.29, 0.717) is 32.7 Å². The molecule has 1 aliphatic heterocycles. The highest BCUT2D eigenvalue weighted by atomic mass is 32.1. The van der Waals surface area contributed by atoms with Crippen LogP contribution in [0.1, 0.15) is 16.9 Å². The Morgan fingerprint density at radius 1 is 1.38 bits per heavy atom. The van der Waals surface area contributed by atoms with Crippen molar-refractivity contribution in [3.63, 3.8) is 0 Å². The van der Waals surface area contributed by atoms with Gasteiger partial charge in [0.05, 0.1) is 6.61 Å². The molecule has 0 unspecified atom stereocenters. The van der Waals surface area contributed by atoms with E-state index in [4.69, 9.17) is 4.74 Å². The maximum absolute atomic E-state index is 12.1. The Kier molecular flexibility index (Phi) is 6.01. The molecule has 0 aromatic carbocycles. The number of hydrogen-bond donors (Lipinski definition) is 2. The van der Waals surface area contributed by atoms with Crippen molar-refractivity contribution in [1.82, 2.24) is 15.5 Å². The van der Waals surface area contributed by atoms with Crippen LogP contribution in [0.4, 0.5) is 4.79 Å². The van der Waals surface area contributed by atoms with E-state index < -0.39 is 0 Å². The first-order valence-corrected chi connectivity index (χ1v) is 7.92. The molecule has 1 aromatic rings. The van der Waals surface area contributed by atoms with Crippen molar-refractivity contribution in [2.75, 3.05) is 33.4 Å². The van der Waals surface area contributed by atoms with Crippen LogP contribution in [0.3, 0.4) is 0 Å². The lowest BCUT2D eigenvalue weighted by Crippen LogP contribution is -2.40. The van der Waals surface area contributed by atoms with Crippen LogP contribution in [0, 0.1) is 0 Å². The Labute approximate surface area is 128 Å². The van der Waals surface area contributed by atoms with Crippen LogP contribution in [0.15, 0.2) is 11.4 Å². The van der Waals surface area contributed by atoms with Crippen LogP contribution in [0.2, 0.25) is 0 Å². The Balaban J connectivity index is 1.65. The first-order valence-electron chi connectivity index (χ1n) is 7.04. The van der Waals surface area contributed by atoms with Gasteiger partial charge in [0.25, 0.3) is 0 Å². The monoisotopic (exact) mass is 311 g/mol. The average molecular weight is 311 g/mol. The molecule has 2 rings (SSSR count). The van der Waals surface area contributed by atoms with Crippen molar-refractivity contribution in [3.05, 3.63) is 21.9 Å². The van der Waals surface area contributed by atoms with Crippen molar-refractivity contribution in [3.8, 4) is 0 Å². The molecule has 1 aromatic heterocycles. The molecule has 6 nitrogen and oxygen atoms in total. The summed E-state index contributed by atoms with van der Waals surface area (Å²) in [7, 11) is 1.58. The van der Waals surface area contributed by atoms with Gasteiger partial charge < -0.3 is 20.3 Å². The molecular formula is C14H21N3O3S. The second-order valence-corrected chi connectivity index (χ2v) is 5.86. The summed E-state index contributed by atoms with van der Waals surface area (Å²) in [4.78, 5) is 26.8. The Morgan fingerprint density at radius 3 is 3.00 bits per heavy atom. The zero-order valence-corrected chi connectivity index (χ0v) is 13.0. The van der Waals surface area contributed by atoms with E-state index in [1.54, 1.807) is 18.4 Å². The lowest BCUT2D eigenvalue weighted by atomic mass is 10.1. The molecule has 0 saturated carbocycles. The van der Waals surface area contributed by atoms with Gasteiger partial charge in [-0.15, -0.1) is 11.3 Å². The standard InChI is InChI=1S/C14H21N3O3S/c1-20-8-6-16-14(19)15-5-2-13(18)17-7-3-12-11(10-17)4-9-21-12/h4,9H,2-3,5-8,10H2,1H3,(H2,15,16,19). The smallest absolute Gasteiger partial charge is 0.314 e. The fraction of sp³-hybridized carbons (Fsp3) is 0.571. The number of rotatable bonds is 6. The molecule has 0 fully saturated rings. The van der Waals surface area contributed by atoms with Crippen LogP contribution >= 0.6 is 11.3 Å². The summed E-state index contributed by atoms with van der Waals surface area (Å²) < 4.78 is 4.83. The highest BCUT2D eigenvalue weighted by molar-refractivity contribution is 7.10. The highest BCUT2D eigenvalue weighted by Gasteiger charge is 2.20. The number of carbonyl (C=O) groups excluding carboxylic acids is 2. The summed E-state index contributed by atoms with van der Waals surface area (Å²) in [6.07, 6.45) is 1.26. The molecule has 2 N–H and O–H groups in total. The maximum Gasteiger partial charge on any atom is 0.314 e. The lowest BCUT2D eigenvalue weighted by Gasteiger charge is -2.27. The Bertz CT molecular complexity index is 490. The number of carbonyl (C=O) groups is 2. The molecule has 0 bridgehead atoms. The van der Waals surface area contributed by atoms with Crippen LogP contribution < -0.4 is 10.6 Å². The number of hydrogen-bond acceptors (Lipinski definition) is 4. The van der Waals surface area contributed by atoms with Gasteiger partial charge in [0.1, 0.15) is 0 Å². The van der Waals surface area contributed by atoms with Crippen molar-refractivity contribution < 1.29 is 14.3 Å². The number of nitrogens with zero attached hydrogens (tertiary/aromatic N) is 1. The molecule has 0 atom stereocenters. The van der Waals surface area contributed by atoms with Crippen molar-refractivity contribution in [1.29, 1.82) is 0 Å². The van der Waals surface area contributed by atoms with E-state index in [-0.39, 0.29) is 11.9 Å². The van der Waals surface area contributed by atoms with Gasteiger partial charge in [-0.1, -0.05) is 0 Å². The molecular weight excluding hydrogens is 290 g/mol. The number of urea groups is 1. The Hall–Kier alpha value is -1.60. The molecule has 0 saturated heterocycles. The van der Waals surface area contributed by atoms with Crippen molar-refractivity contribution >= 4 is 23.3 Å². The summed E-state index contributed by atoms with van der Waals surface area (Å²) in [5.74, 6) is 0.0871. The molecule has 0 radical (unpaired) electrons. The Morgan fingerprint density at radius 2 is 2.19 bits per heavy atom. The first-order chi connectivity index (χ1) is 10.2. The van der Waals surface area contributed by atoms with E-state index in [2.05, 4.69) is 22.1 Å². The number of ether oxygens (including phenoxy) is 1. The summed E-state index contributed by atoms with van der Waals surface area (Å²) in [6.45, 7) is 2.75. The third kappa shape index (κ3) is 4.71. The van der Waals surface area contributed by atoms with Crippen LogP contribution in [0.5, 0.6) is 0 Å². The summed E-state index contributed by atoms with van der Waals surface area (Å²) in [6, 6.07) is 1.82. The molecule has 1 aliphatic rings. The van der Waals surface area contributed by atoms with Gasteiger partial charge in [-0.25, -0.2) is 4.79 Å². The van der Waals surface area contributed by atoms with E-state index in [1.807, 2.05) is 4.90 Å². The van der Waals surface area contributed by atoms with Gasteiger partial charge in [-0.3, -0.25) is 4.79 Å². The number of fused-ring (bicyclic) bond motifs is 1. The fourth-order valence-electron chi connectivity index (χ4n) is 2.23. The SMILES string of the molecule is COCCNC(=O)NCCC(=O)N1CCc2sccc2C1. The quantitative estimate of drug-likeness (QED) is 0.769. The summed E-state index contributed by atoms with van der Waals surface area (Å²) in [5.41, 5.74) is 1.25. The minimum atomic E-state index is -0.265. The summed E-state index contributed by atoms with van der Waals surface area (Å²) >= 11 is 1.76. The van der Waals surface area contributed by atoms with Crippen LogP contribution in [-0.2, 0) is 22.5 Å². The van der Waals surface area contributed by atoms with Gasteiger partial charge >= 0.3 is 6.03 Å². The third-order valence-corrected chi connectivity index (χ3v) is 4.40. The van der Waals surface area contributed by atoms with Crippen molar-refractivity contribution in [2.24, 2.45) is 0 Å². The third-order valence-electron chi connectivity index (χ3n) is 3.38. The molecule has 21 heavy (non-hydrogen) atoms. The van der Waals surface area contributed by atoms with Gasteiger partial charge in [0.2, 0.25) is 5.91 Å². The van der Waals surface area contributed by atoms with Crippen LogP contribution in [0.25, 0.3) is 0 Å². The van der Waals surface area contributed by atoms with Gasteiger partial charge in [0, 0.05) is 44.6 Å². The molecule has 116 valence electrons. The molecule has 3 amide bonds. The van der Waals surface area contributed by atoms with E-state index in [1.165, 1.54) is 10.4 Å². The second kappa shape index (κ2) is 7.99. The topological polar surface area (TPSA) is 70.7 Å². The highest BCUT2D eigenvalue weighted by Crippen LogP contribution is 2.24. The minimum Gasteiger partial charge on any atom is -0.383 e. The number of thiophene rings is 1. The molecule has 7 heteroatoms. The van der Waals surface area contributed by atoms with Gasteiger partial charge in [-0.05, 0) is 23.4 Å². The van der Waals surface area contributed by atoms with Crippen molar-refractivity contribution in [2.45, 2.75) is 19.4 Å². The predicted octanol–water partition coefficient (Wildman–Crippen LogP) is 0.968. The van der Waals surface area contributed by atoms with E-state index in [0.717, 1.165) is 13.0 Å². The summed E-state index contributed by atoms with van der Waals surface area (Å²) in [5, 5.41) is 7.40. The zero-order valence-electron chi connectivity index (χ0n) is 12.2. The second-order valence-electron chi connectivity index (χ2n) is 4.86. The molecule has 0 spiro atoms. The molecule has 0 aliphatic carbocycles. The molecule has 2 heterocycles. The predicted molar refractivity (Wildman–Crippen MR) is 81.3 cm³/mol. The first kappa shape index (κ1) is 15.8. The zero-order chi connectivity index (χ0) is 15.1. The average Bonchev–Trinajstić information content (AvgIpc) is 2.94. The number of amides is 3. The minimum absolute atomic E-state index is 0.0871. The fourth-order valence-corrected chi connectivity index (χ4v) is 3.12. The van der Waals surface area contributed by atoms with E-state index >= 15 is 0 Å². The van der Waals surface area contributed by atoms with Gasteiger partial charge in [-0.2, -0.15) is 0 Å². The maximum atomic E-state index is 12.1. The van der Waals surface area contributed by atoms with E-state index in [9.17, 15) is 9.59 Å². The largest absolute Gasteiger partial charge is 0.383 e. The lowest BCUT2D eigenvalue weighted by molar-refractivity contribution is -0.131. The van der Waals surface area contributed by atoms with Crippen LogP contribution in [-0.4, -0.2) is 50.2 Å². The number of nitrogens with one attached hydrogen (secondary N) is 2.